The van der Waals surface area contributed by atoms with Crippen molar-refractivity contribution in [1.29, 1.82) is 0 Å². The van der Waals surface area contributed by atoms with Gasteiger partial charge in [-0.15, -0.1) is 0 Å². The number of nitrogens with zero attached hydrogens (tertiary/aromatic N) is 2. The molecule has 2 aromatic carbocycles. The summed E-state index contributed by atoms with van der Waals surface area (Å²) in [6, 6.07) is 20.6. The third kappa shape index (κ3) is 3.26. The van der Waals surface area contributed by atoms with E-state index in [0.717, 1.165) is 28.2 Å². The van der Waals surface area contributed by atoms with Crippen LogP contribution in [-0.2, 0) is 6.61 Å². The van der Waals surface area contributed by atoms with Crippen LogP contribution in [0.4, 0.5) is 0 Å². The molecule has 0 radical (unpaired) electrons. The van der Waals surface area contributed by atoms with Gasteiger partial charge in [0.1, 0.15) is 18.0 Å². The van der Waals surface area contributed by atoms with Gasteiger partial charge in [-0.05, 0) is 54.8 Å². The van der Waals surface area contributed by atoms with Gasteiger partial charge in [0, 0.05) is 18.0 Å². The van der Waals surface area contributed by atoms with E-state index in [1.165, 1.54) is 11.1 Å². The summed E-state index contributed by atoms with van der Waals surface area (Å²) in [5.41, 5.74) is 6.54. The van der Waals surface area contributed by atoms with E-state index in [9.17, 15) is 0 Å². The standard InChI is InChI=1S/C22H20N2O/c1-16-8-11-22-23-20(14-24(22)13-16)19-9-10-21(17(2)12-19)25-15-18-6-4-3-5-7-18/h3-14H,15H2,1-2H3. The monoisotopic (exact) mass is 328 g/mol. The van der Waals surface area contributed by atoms with Crippen LogP contribution in [-0.4, -0.2) is 9.38 Å². The maximum atomic E-state index is 5.96. The Balaban J connectivity index is 1.58. The Morgan fingerprint density at radius 1 is 0.920 bits per heavy atom. The largest absolute Gasteiger partial charge is 0.489 e. The van der Waals surface area contributed by atoms with Crippen LogP contribution in [0.2, 0.25) is 0 Å². The molecule has 0 saturated carbocycles. The van der Waals surface area contributed by atoms with E-state index < -0.39 is 0 Å². The highest BCUT2D eigenvalue weighted by Gasteiger charge is 2.07. The second kappa shape index (κ2) is 6.44. The first-order valence-corrected chi connectivity index (χ1v) is 8.42. The molecule has 2 heterocycles. The molecule has 3 heteroatoms. The number of hydrogen-bond donors (Lipinski definition) is 0. The first-order valence-electron chi connectivity index (χ1n) is 8.42. The Hall–Kier alpha value is -3.07. The Morgan fingerprint density at radius 2 is 1.76 bits per heavy atom. The van der Waals surface area contributed by atoms with Crippen LogP contribution >= 0.6 is 0 Å². The van der Waals surface area contributed by atoms with Crippen LogP contribution in [0.25, 0.3) is 16.9 Å². The molecule has 0 bridgehead atoms. The minimum atomic E-state index is 0.578. The lowest BCUT2D eigenvalue weighted by Crippen LogP contribution is -1.96. The molecule has 4 rings (SSSR count). The summed E-state index contributed by atoms with van der Waals surface area (Å²) >= 11 is 0. The fraction of sp³-hybridized carbons (Fsp3) is 0.136. The Labute approximate surface area is 147 Å². The third-order valence-electron chi connectivity index (χ3n) is 4.31. The average molecular weight is 328 g/mol. The number of imidazole rings is 1. The summed E-state index contributed by atoms with van der Waals surface area (Å²) in [6.07, 6.45) is 4.16. The van der Waals surface area contributed by atoms with Crippen molar-refractivity contribution in [3.63, 3.8) is 0 Å². The molecule has 0 spiro atoms. The number of aromatic nitrogens is 2. The SMILES string of the molecule is Cc1ccc2nc(-c3ccc(OCc4ccccc4)c(C)c3)cn2c1. The van der Waals surface area contributed by atoms with Crippen molar-refractivity contribution in [2.24, 2.45) is 0 Å². The van der Waals surface area contributed by atoms with Gasteiger partial charge in [-0.1, -0.05) is 36.4 Å². The zero-order valence-electron chi connectivity index (χ0n) is 14.4. The van der Waals surface area contributed by atoms with Gasteiger partial charge in [0.2, 0.25) is 0 Å². The van der Waals surface area contributed by atoms with Crippen LogP contribution in [0.3, 0.4) is 0 Å². The van der Waals surface area contributed by atoms with Crippen LogP contribution in [0.15, 0.2) is 73.1 Å². The molecule has 4 aromatic rings. The van der Waals surface area contributed by atoms with Gasteiger partial charge in [0.15, 0.2) is 0 Å². The van der Waals surface area contributed by atoms with Gasteiger partial charge in [0.05, 0.1) is 5.69 Å². The summed E-state index contributed by atoms with van der Waals surface area (Å²) in [5, 5.41) is 0. The van der Waals surface area contributed by atoms with Crippen LogP contribution < -0.4 is 4.74 Å². The average Bonchev–Trinajstić information content (AvgIpc) is 3.04. The van der Waals surface area contributed by atoms with Crippen molar-refractivity contribution in [3.05, 3.63) is 89.7 Å². The number of benzene rings is 2. The lowest BCUT2D eigenvalue weighted by molar-refractivity contribution is 0.304. The van der Waals surface area contributed by atoms with E-state index in [1.54, 1.807) is 0 Å². The predicted molar refractivity (Wildman–Crippen MR) is 101 cm³/mol. The minimum absolute atomic E-state index is 0.578. The molecule has 0 unspecified atom stereocenters. The zero-order valence-corrected chi connectivity index (χ0v) is 14.4. The molecule has 0 amide bonds. The smallest absolute Gasteiger partial charge is 0.137 e. The first kappa shape index (κ1) is 15.5. The number of aryl methyl sites for hydroxylation is 2. The summed E-state index contributed by atoms with van der Waals surface area (Å²) in [5.74, 6) is 0.909. The predicted octanol–water partition coefficient (Wildman–Crippen LogP) is 5.20. The highest BCUT2D eigenvalue weighted by molar-refractivity contribution is 5.64. The highest BCUT2D eigenvalue weighted by atomic mass is 16.5. The number of ether oxygens (including phenoxy) is 1. The van der Waals surface area contributed by atoms with Gasteiger partial charge in [0.25, 0.3) is 0 Å². The summed E-state index contributed by atoms with van der Waals surface area (Å²) < 4.78 is 8.03. The van der Waals surface area contributed by atoms with Crippen LogP contribution in [0, 0.1) is 13.8 Å². The van der Waals surface area contributed by atoms with E-state index in [-0.39, 0.29) is 0 Å². The molecule has 0 fully saturated rings. The molecule has 3 nitrogen and oxygen atoms in total. The maximum absolute atomic E-state index is 5.96. The topological polar surface area (TPSA) is 26.5 Å². The molecule has 0 saturated heterocycles. The van der Waals surface area contributed by atoms with Gasteiger partial charge in [-0.3, -0.25) is 0 Å². The normalized spacial score (nSPS) is 11.0. The third-order valence-corrected chi connectivity index (χ3v) is 4.31. The van der Waals surface area contributed by atoms with Crippen molar-refractivity contribution < 1.29 is 4.74 Å². The summed E-state index contributed by atoms with van der Waals surface area (Å²) in [7, 11) is 0. The zero-order chi connectivity index (χ0) is 17.2. The van der Waals surface area contributed by atoms with Crippen molar-refractivity contribution in [2.45, 2.75) is 20.5 Å². The number of rotatable bonds is 4. The molecule has 0 atom stereocenters. The molecule has 0 aliphatic carbocycles. The summed E-state index contributed by atoms with van der Waals surface area (Å²) in [4.78, 5) is 4.71. The first-order chi connectivity index (χ1) is 12.2. The van der Waals surface area contributed by atoms with E-state index in [2.05, 4.69) is 61.0 Å². The van der Waals surface area contributed by atoms with E-state index >= 15 is 0 Å². The summed E-state index contributed by atoms with van der Waals surface area (Å²) in [6.45, 7) is 4.74. The van der Waals surface area contributed by atoms with Crippen molar-refractivity contribution in [3.8, 4) is 17.0 Å². The van der Waals surface area contributed by atoms with E-state index in [1.807, 2.05) is 30.3 Å². The Morgan fingerprint density at radius 3 is 2.56 bits per heavy atom. The van der Waals surface area contributed by atoms with E-state index in [4.69, 9.17) is 9.72 Å². The Bertz CT molecular complexity index is 1020. The molecular weight excluding hydrogens is 308 g/mol. The molecular formula is C22H20N2O. The van der Waals surface area contributed by atoms with Crippen molar-refractivity contribution in [2.75, 3.05) is 0 Å². The van der Waals surface area contributed by atoms with Gasteiger partial charge >= 0.3 is 0 Å². The number of fused-ring (bicyclic) bond motifs is 1. The fourth-order valence-electron chi connectivity index (χ4n) is 2.95. The second-order valence-electron chi connectivity index (χ2n) is 6.35. The number of hydrogen-bond acceptors (Lipinski definition) is 2. The van der Waals surface area contributed by atoms with Crippen LogP contribution in [0.1, 0.15) is 16.7 Å². The molecule has 0 N–H and O–H groups in total. The maximum Gasteiger partial charge on any atom is 0.137 e. The molecule has 2 aromatic heterocycles. The molecule has 124 valence electrons. The van der Waals surface area contributed by atoms with Crippen molar-refractivity contribution >= 4 is 5.65 Å². The Kier molecular flexibility index (Phi) is 3.98. The van der Waals surface area contributed by atoms with Gasteiger partial charge < -0.3 is 9.14 Å². The van der Waals surface area contributed by atoms with E-state index in [0.29, 0.717) is 6.61 Å². The lowest BCUT2D eigenvalue weighted by atomic mass is 10.1. The second-order valence-corrected chi connectivity index (χ2v) is 6.35. The van der Waals surface area contributed by atoms with Crippen LogP contribution in [0.5, 0.6) is 5.75 Å². The minimum Gasteiger partial charge on any atom is -0.489 e. The van der Waals surface area contributed by atoms with Gasteiger partial charge in [-0.25, -0.2) is 4.98 Å². The quantitative estimate of drug-likeness (QED) is 0.515. The molecule has 0 aliphatic rings. The molecule has 25 heavy (non-hydrogen) atoms. The van der Waals surface area contributed by atoms with Gasteiger partial charge in [-0.2, -0.15) is 0 Å². The fourth-order valence-corrected chi connectivity index (χ4v) is 2.95. The van der Waals surface area contributed by atoms with Crippen molar-refractivity contribution in [1.82, 2.24) is 9.38 Å². The number of pyridine rings is 1. The molecule has 0 aliphatic heterocycles. The lowest BCUT2D eigenvalue weighted by Gasteiger charge is -2.10. The highest BCUT2D eigenvalue weighted by Crippen LogP contribution is 2.26.